The quantitative estimate of drug-likeness (QED) is 0.433. The smallest absolute Gasteiger partial charge is 0.248 e. The predicted octanol–water partition coefficient (Wildman–Crippen LogP) is 4.70. The Morgan fingerprint density at radius 2 is 1.76 bits per heavy atom. The number of primary amides is 1. The Bertz CT molecular complexity index is 1100. The van der Waals surface area contributed by atoms with Gasteiger partial charge in [0.1, 0.15) is 0 Å². The number of amides is 1. The average molecular weight is 382 g/mol. The molecule has 4 N–H and O–H groups in total. The summed E-state index contributed by atoms with van der Waals surface area (Å²) in [7, 11) is 0. The number of hydrogen-bond donors (Lipinski definition) is 3. The van der Waals surface area contributed by atoms with Crippen LogP contribution >= 0.6 is 0 Å². The highest BCUT2D eigenvalue weighted by Gasteiger charge is 2.08. The third-order valence-corrected chi connectivity index (χ3v) is 4.87. The number of nitrogens with zero attached hydrogens (tertiary/aromatic N) is 1. The van der Waals surface area contributed by atoms with Crippen LogP contribution in [0.4, 0.5) is 11.6 Å². The number of carbonyl (C=O) groups is 1. The number of hydrogen-bond acceptors (Lipinski definition) is 3. The van der Waals surface area contributed by atoms with Gasteiger partial charge < -0.3 is 16.0 Å². The van der Waals surface area contributed by atoms with Crippen molar-refractivity contribution in [2.75, 3.05) is 5.32 Å². The van der Waals surface area contributed by atoms with Crippen LogP contribution in [-0.4, -0.2) is 15.9 Å². The molecule has 0 unspecified atom stereocenters. The fourth-order valence-corrected chi connectivity index (χ4v) is 3.38. The Balaban J connectivity index is 1.47. The highest BCUT2D eigenvalue weighted by Crippen LogP contribution is 2.24. The number of nitrogens with one attached hydrogen (secondary N) is 2. The lowest BCUT2D eigenvalue weighted by Crippen LogP contribution is -2.13. The Morgan fingerprint density at radius 1 is 0.931 bits per heavy atom. The van der Waals surface area contributed by atoms with E-state index < -0.39 is 0 Å². The van der Waals surface area contributed by atoms with Gasteiger partial charge in [-0.1, -0.05) is 54.6 Å². The SMILES string of the molecule is NC(=O)c1ccccc1CCc1cccc(-c2ccc(Nc3ncc[nH]3)cc2)c1. The molecule has 0 saturated heterocycles. The van der Waals surface area contributed by atoms with Crippen molar-refractivity contribution in [1.82, 2.24) is 9.97 Å². The van der Waals surface area contributed by atoms with E-state index in [1.54, 1.807) is 18.5 Å². The lowest BCUT2D eigenvalue weighted by Gasteiger charge is -2.09. The van der Waals surface area contributed by atoms with Crippen LogP contribution in [0.25, 0.3) is 11.1 Å². The summed E-state index contributed by atoms with van der Waals surface area (Å²) in [5.74, 6) is 0.341. The number of anilines is 2. The summed E-state index contributed by atoms with van der Waals surface area (Å²) < 4.78 is 0. The molecule has 4 aromatic rings. The second-order valence-corrected chi connectivity index (χ2v) is 6.86. The zero-order chi connectivity index (χ0) is 20.1. The highest BCUT2D eigenvalue weighted by molar-refractivity contribution is 5.94. The van der Waals surface area contributed by atoms with Crippen molar-refractivity contribution < 1.29 is 4.79 Å². The number of carbonyl (C=O) groups excluding carboxylic acids is 1. The maximum absolute atomic E-state index is 11.6. The number of aryl methyl sites for hydroxylation is 2. The first-order valence-electron chi connectivity index (χ1n) is 9.52. The zero-order valence-electron chi connectivity index (χ0n) is 15.9. The minimum Gasteiger partial charge on any atom is -0.366 e. The first-order chi connectivity index (χ1) is 14.2. The van der Waals surface area contributed by atoms with E-state index in [0.717, 1.165) is 41.2 Å². The Labute approximate surface area is 169 Å². The van der Waals surface area contributed by atoms with Crippen LogP contribution in [0.5, 0.6) is 0 Å². The summed E-state index contributed by atoms with van der Waals surface area (Å²) in [6.45, 7) is 0. The molecule has 0 aliphatic carbocycles. The molecule has 0 aliphatic heterocycles. The summed E-state index contributed by atoms with van der Waals surface area (Å²) >= 11 is 0. The highest BCUT2D eigenvalue weighted by atomic mass is 16.1. The Morgan fingerprint density at radius 3 is 2.52 bits per heavy atom. The summed E-state index contributed by atoms with van der Waals surface area (Å²) in [5.41, 5.74) is 11.6. The fraction of sp³-hybridized carbons (Fsp3) is 0.0833. The van der Waals surface area contributed by atoms with Gasteiger partial charge in [0.05, 0.1) is 0 Å². The van der Waals surface area contributed by atoms with Crippen LogP contribution in [0.15, 0.2) is 85.2 Å². The van der Waals surface area contributed by atoms with Crippen molar-refractivity contribution in [3.05, 3.63) is 102 Å². The number of aromatic amines is 1. The van der Waals surface area contributed by atoms with Crippen LogP contribution in [-0.2, 0) is 12.8 Å². The molecule has 0 fully saturated rings. The molecule has 3 aromatic carbocycles. The van der Waals surface area contributed by atoms with E-state index >= 15 is 0 Å². The minimum atomic E-state index is -0.377. The van der Waals surface area contributed by atoms with Crippen molar-refractivity contribution in [3.63, 3.8) is 0 Å². The van der Waals surface area contributed by atoms with Gasteiger partial charge in [-0.2, -0.15) is 0 Å². The lowest BCUT2D eigenvalue weighted by atomic mass is 9.97. The maximum atomic E-state index is 11.6. The lowest BCUT2D eigenvalue weighted by molar-refractivity contribution is 0.0999. The number of H-pyrrole nitrogens is 1. The Hall–Kier alpha value is -3.86. The van der Waals surface area contributed by atoms with Crippen LogP contribution in [0.3, 0.4) is 0 Å². The third-order valence-electron chi connectivity index (χ3n) is 4.87. The van der Waals surface area contributed by atoms with E-state index in [-0.39, 0.29) is 5.91 Å². The number of imidazole rings is 1. The van der Waals surface area contributed by atoms with Gasteiger partial charge >= 0.3 is 0 Å². The van der Waals surface area contributed by atoms with Crippen molar-refractivity contribution in [3.8, 4) is 11.1 Å². The molecular weight excluding hydrogens is 360 g/mol. The van der Waals surface area contributed by atoms with Crippen LogP contribution in [0.1, 0.15) is 21.5 Å². The summed E-state index contributed by atoms with van der Waals surface area (Å²) in [4.78, 5) is 18.8. The van der Waals surface area contributed by atoms with Crippen LogP contribution in [0, 0.1) is 0 Å². The molecule has 1 aromatic heterocycles. The molecular formula is C24H22N4O. The van der Waals surface area contributed by atoms with Crippen molar-refractivity contribution in [1.29, 1.82) is 0 Å². The molecule has 0 radical (unpaired) electrons. The fourth-order valence-electron chi connectivity index (χ4n) is 3.38. The second-order valence-electron chi connectivity index (χ2n) is 6.86. The molecule has 5 heteroatoms. The van der Waals surface area contributed by atoms with Gasteiger partial charge in [-0.05, 0) is 53.3 Å². The van der Waals surface area contributed by atoms with E-state index in [2.05, 4.69) is 51.7 Å². The summed E-state index contributed by atoms with van der Waals surface area (Å²) in [6, 6.07) is 24.3. The topological polar surface area (TPSA) is 83.8 Å². The van der Waals surface area contributed by atoms with Crippen molar-refractivity contribution >= 4 is 17.5 Å². The van der Waals surface area contributed by atoms with E-state index in [4.69, 9.17) is 5.73 Å². The molecule has 4 rings (SSSR count). The molecule has 1 amide bonds. The average Bonchev–Trinajstić information content (AvgIpc) is 3.26. The molecule has 0 atom stereocenters. The van der Waals surface area contributed by atoms with E-state index in [1.165, 1.54) is 5.56 Å². The minimum absolute atomic E-state index is 0.377. The van der Waals surface area contributed by atoms with Gasteiger partial charge in [-0.3, -0.25) is 4.79 Å². The monoisotopic (exact) mass is 382 g/mol. The van der Waals surface area contributed by atoms with Gasteiger partial charge in [0.15, 0.2) is 0 Å². The first kappa shape index (κ1) is 18.5. The van der Waals surface area contributed by atoms with Crippen molar-refractivity contribution in [2.45, 2.75) is 12.8 Å². The standard InChI is InChI=1S/C24H22N4O/c25-23(29)22-7-2-1-5-19(22)9-8-17-4-3-6-20(16-17)18-10-12-21(13-11-18)28-24-26-14-15-27-24/h1-7,10-16H,8-9H2,(H2,25,29)(H2,26,27,28). The van der Waals surface area contributed by atoms with Gasteiger partial charge in [0.25, 0.3) is 0 Å². The van der Waals surface area contributed by atoms with Gasteiger partial charge in [0.2, 0.25) is 11.9 Å². The summed E-state index contributed by atoms with van der Waals surface area (Å²) in [6.07, 6.45) is 5.11. The second kappa shape index (κ2) is 8.44. The normalized spacial score (nSPS) is 10.6. The first-order valence-corrected chi connectivity index (χ1v) is 9.52. The number of nitrogens with two attached hydrogens (primary N) is 1. The molecule has 5 nitrogen and oxygen atoms in total. The zero-order valence-corrected chi connectivity index (χ0v) is 15.9. The molecule has 29 heavy (non-hydrogen) atoms. The number of rotatable bonds is 7. The van der Waals surface area contributed by atoms with Crippen LogP contribution < -0.4 is 11.1 Å². The molecule has 0 spiro atoms. The molecule has 0 aliphatic rings. The van der Waals surface area contributed by atoms with Gasteiger partial charge in [-0.15, -0.1) is 0 Å². The molecule has 1 heterocycles. The number of benzene rings is 3. The molecule has 0 saturated carbocycles. The predicted molar refractivity (Wildman–Crippen MR) is 116 cm³/mol. The van der Waals surface area contributed by atoms with Crippen LogP contribution in [0.2, 0.25) is 0 Å². The van der Waals surface area contributed by atoms with Gasteiger partial charge in [-0.25, -0.2) is 4.98 Å². The summed E-state index contributed by atoms with van der Waals surface area (Å²) in [5, 5.41) is 3.22. The third kappa shape index (κ3) is 4.52. The van der Waals surface area contributed by atoms with Crippen molar-refractivity contribution in [2.24, 2.45) is 5.73 Å². The van der Waals surface area contributed by atoms with E-state index in [9.17, 15) is 4.79 Å². The molecule has 0 bridgehead atoms. The van der Waals surface area contributed by atoms with Gasteiger partial charge in [0, 0.05) is 23.6 Å². The van der Waals surface area contributed by atoms with E-state index in [1.807, 2.05) is 30.3 Å². The maximum Gasteiger partial charge on any atom is 0.248 e. The number of aromatic nitrogens is 2. The Kier molecular flexibility index (Phi) is 5.38. The molecule has 144 valence electrons. The van der Waals surface area contributed by atoms with E-state index in [0.29, 0.717) is 5.56 Å². The largest absolute Gasteiger partial charge is 0.366 e.